The van der Waals surface area contributed by atoms with Crippen LogP contribution in [-0.2, 0) is 9.84 Å². The molecule has 1 N–H and O–H groups in total. The maximum Gasteiger partial charge on any atom is 0.272 e. The number of anilines is 2. The minimum atomic E-state index is -3.07. The number of carbonyl (C=O) groups excluding carboxylic acids is 1. The fourth-order valence-electron chi connectivity index (χ4n) is 2.99. The van der Waals surface area contributed by atoms with E-state index in [0.29, 0.717) is 18.1 Å². The third kappa shape index (κ3) is 4.54. The molecule has 1 unspecified atom stereocenters. The zero-order chi connectivity index (χ0) is 19.6. The number of nitrogens with zero attached hydrogens (tertiary/aromatic N) is 3. The number of sulfone groups is 1. The van der Waals surface area contributed by atoms with E-state index in [9.17, 15) is 13.2 Å². The number of aryl methyl sites for hydroxylation is 1. The summed E-state index contributed by atoms with van der Waals surface area (Å²) >= 11 is 0. The lowest BCUT2D eigenvalue weighted by Crippen LogP contribution is -2.38. The molecule has 0 saturated carbocycles. The smallest absolute Gasteiger partial charge is 0.272 e. The Labute approximate surface area is 158 Å². The quantitative estimate of drug-likeness (QED) is 0.830. The molecule has 9 heteroatoms. The van der Waals surface area contributed by atoms with Crippen molar-refractivity contribution in [1.82, 2.24) is 14.9 Å². The van der Waals surface area contributed by atoms with Gasteiger partial charge in [-0.05, 0) is 37.6 Å². The van der Waals surface area contributed by atoms with Crippen molar-refractivity contribution in [2.24, 2.45) is 0 Å². The molecule has 8 nitrogen and oxygen atoms in total. The van der Waals surface area contributed by atoms with E-state index >= 15 is 0 Å². The lowest BCUT2D eigenvalue weighted by molar-refractivity contribution is 0.0741. The van der Waals surface area contributed by atoms with Crippen molar-refractivity contribution in [3.63, 3.8) is 0 Å². The number of benzene rings is 1. The van der Waals surface area contributed by atoms with Crippen molar-refractivity contribution in [3.05, 3.63) is 41.9 Å². The summed E-state index contributed by atoms with van der Waals surface area (Å²) in [6.45, 7) is 1.70. The molecule has 1 aromatic heterocycles. The van der Waals surface area contributed by atoms with Crippen molar-refractivity contribution in [1.29, 1.82) is 0 Å². The lowest BCUT2D eigenvalue weighted by atomic mass is 10.2. The van der Waals surface area contributed by atoms with Gasteiger partial charge in [-0.1, -0.05) is 0 Å². The summed E-state index contributed by atoms with van der Waals surface area (Å²) in [5.41, 5.74) is 1.02. The average Bonchev–Trinajstić information content (AvgIpc) is 3.00. The summed E-state index contributed by atoms with van der Waals surface area (Å²) in [7, 11) is 0.142. The highest BCUT2D eigenvalue weighted by Gasteiger charge is 2.33. The van der Waals surface area contributed by atoms with E-state index in [0.717, 1.165) is 11.4 Å². The van der Waals surface area contributed by atoms with Crippen LogP contribution in [0.25, 0.3) is 0 Å². The predicted octanol–water partition coefficient (Wildman–Crippen LogP) is 1.80. The van der Waals surface area contributed by atoms with Crippen molar-refractivity contribution in [3.8, 4) is 5.75 Å². The highest BCUT2D eigenvalue weighted by atomic mass is 32.2. The molecule has 2 heterocycles. The molecule has 1 saturated heterocycles. The molecule has 1 aromatic carbocycles. The fraction of sp³-hybridized carbons (Fsp3) is 0.389. The Balaban J connectivity index is 1.78. The molecular formula is C18H22N4O4S. The molecule has 1 atom stereocenters. The summed E-state index contributed by atoms with van der Waals surface area (Å²) in [6, 6.07) is 8.56. The van der Waals surface area contributed by atoms with Gasteiger partial charge >= 0.3 is 0 Å². The third-order valence-corrected chi connectivity index (χ3v) is 6.25. The van der Waals surface area contributed by atoms with E-state index in [-0.39, 0.29) is 29.1 Å². The van der Waals surface area contributed by atoms with Gasteiger partial charge < -0.3 is 15.0 Å². The van der Waals surface area contributed by atoms with Crippen LogP contribution in [0.15, 0.2) is 30.3 Å². The minimum Gasteiger partial charge on any atom is -0.497 e. The number of rotatable bonds is 5. The Morgan fingerprint density at radius 3 is 2.56 bits per heavy atom. The van der Waals surface area contributed by atoms with Crippen molar-refractivity contribution < 1.29 is 17.9 Å². The number of ether oxygens (including phenoxy) is 1. The Bertz CT molecular complexity index is 944. The molecule has 1 aliphatic rings. The summed E-state index contributed by atoms with van der Waals surface area (Å²) in [6.07, 6.45) is 0.450. The first kappa shape index (κ1) is 19.1. The van der Waals surface area contributed by atoms with Gasteiger partial charge in [-0.3, -0.25) is 4.79 Å². The molecule has 0 bridgehead atoms. The van der Waals surface area contributed by atoms with E-state index in [4.69, 9.17) is 4.74 Å². The number of aromatic nitrogens is 2. The second-order valence-electron chi connectivity index (χ2n) is 6.51. The summed E-state index contributed by atoms with van der Waals surface area (Å²) in [4.78, 5) is 22.8. The summed E-state index contributed by atoms with van der Waals surface area (Å²) in [5, 5.41) is 3.14. The van der Waals surface area contributed by atoms with Crippen LogP contribution < -0.4 is 10.1 Å². The number of hydrogen-bond acceptors (Lipinski definition) is 7. The van der Waals surface area contributed by atoms with Crippen LogP contribution in [0.1, 0.15) is 22.7 Å². The van der Waals surface area contributed by atoms with Crippen LogP contribution >= 0.6 is 0 Å². The number of methoxy groups -OCH3 is 1. The van der Waals surface area contributed by atoms with Gasteiger partial charge in [0.1, 0.15) is 23.1 Å². The molecule has 0 radical (unpaired) electrons. The Morgan fingerprint density at radius 2 is 1.96 bits per heavy atom. The van der Waals surface area contributed by atoms with Crippen LogP contribution in [0.4, 0.5) is 11.5 Å². The first-order valence-corrected chi connectivity index (χ1v) is 10.3. The third-order valence-electron chi connectivity index (χ3n) is 4.50. The standard InChI is InChI=1S/C18H22N4O4S/c1-12-19-16(18(23)22(2)14-8-9-27(24,25)11-14)10-17(20-12)21-13-4-6-15(26-3)7-5-13/h4-7,10,14H,8-9,11H2,1-3H3,(H,19,20,21). The number of amides is 1. The molecule has 2 aromatic rings. The van der Waals surface area contributed by atoms with E-state index in [2.05, 4.69) is 15.3 Å². The van der Waals surface area contributed by atoms with Gasteiger partial charge in [-0.15, -0.1) is 0 Å². The van der Waals surface area contributed by atoms with Crippen LogP contribution in [0.2, 0.25) is 0 Å². The van der Waals surface area contributed by atoms with Crippen LogP contribution in [0, 0.1) is 6.92 Å². The van der Waals surface area contributed by atoms with Gasteiger partial charge in [-0.2, -0.15) is 0 Å². The fourth-order valence-corrected chi connectivity index (χ4v) is 4.77. The topological polar surface area (TPSA) is 101 Å². The second kappa shape index (κ2) is 7.51. The molecule has 144 valence electrons. The van der Waals surface area contributed by atoms with Crippen LogP contribution in [0.5, 0.6) is 5.75 Å². The SMILES string of the molecule is COc1ccc(Nc2cc(C(=O)N(C)C3CCS(=O)(=O)C3)nc(C)n2)cc1. The second-order valence-corrected chi connectivity index (χ2v) is 8.74. The van der Waals surface area contributed by atoms with E-state index in [1.54, 1.807) is 27.1 Å². The first-order chi connectivity index (χ1) is 12.8. The van der Waals surface area contributed by atoms with Gasteiger partial charge in [0, 0.05) is 24.8 Å². The van der Waals surface area contributed by atoms with Gasteiger partial charge in [-0.25, -0.2) is 18.4 Å². The predicted molar refractivity (Wildman–Crippen MR) is 102 cm³/mol. The summed E-state index contributed by atoms with van der Waals surface area (Å²) in [5.74, 6) is 1.47. The molecule has 0 aliphatic carbocycles. The first-order valence-electron chi connectivity index (χ1n) is 8.52. The highest BCUT2D eigenvalue weighted by Crippen LogP contribution is 2.21. The Kier molecular flexibility index (Phi) is 5.31. The Hall–Kier alpha value is -2.68. The number of carbonyl (C=O) groups is 1. The van der Waals surface area contributed by atoms with Crippen LogP contribution in [0.3, 0.4) is 0 Å². The van der Waals surface area contributed by atoms with E-state index in [1.807, 2.05) is 24.3 Å². The zero-order valence-electron chi connectivity index (χ0n) is 15.5. The van der Waals surface area contributed by atoms with Gasteiger partial charge in [0.05, 0.1) is 18.6 Å². The minimum absolute atomic E-state index is 0.00371. The molecular weight excluding hydrogens is 368 g/mol. The zero-order valence-corrected chi connectivity index (χ0v) is 16.3. The highest BCUT2D eigenvalue weighted by molar-refractivity contribution is 7.91. The number of nitrogens with one attached hydrogen (secondary N) is 1. The van der Waals surface area contributed by atoms with Crippen molar-refractivity contribution in [2.75, 3.05) is 31.0 Å². The van der Waals surface area contributed by atoms with Gasteiger partial charge in [0.15, 0.2) is 9.84 Å². The number of hydrogen-bond donors (Lipinski definition) is 1. The maximum absolute atomic E-state index is 12.8. The van der Waals surface area contributed by atoms with E-state index < -0.39 is 9.84 Å². The molecule has 1 fully saturated rings. The molecule has 1 amide bonds. The lowest BCUT2D eigenvalue weighted by Gasteiger charge is -2.23. The normalized spacial score (nSPS) is 18.1. The van der Waals surface area contributed by atoms with Crippen molar-refractivity contribution in [2.45, 2.75) is 19.4 Å². The molecule has 27 heavy (non-hydrogen) atoms. The summed E-state index contributed by atoms with van der Waals surface area (Å²) < 4.78 is 28.5. The molecule has 3 rings (SSSR count). The van der Waals surface area contributed by atoms with E-state index in [1.165, 1.54) is 4.90 Å². The maximum atomic E-state index is 12.8. The van der Waals surface area contributed by atoms with Gasteiger partial charge in [0.25, 0.3) is 5.91 Å². The largest absolute Gasteiger partial charge is 0.497 e. The van der Waals surface area contributed by atoms with Gasteiger partial charge in [0.2, 0.25) is 0 Å². The Morgan fingerprint density at radius 1 is 1.26 bits per heavy atom. The monoisotopic (exact) mass is 390 g/mol. The molecule has 0 spiro atoms. The average molecular weight is 390 g/mol. The van der Waals surface area contributed by atoms with Crippen LogP contribution in [-0.4, -0.2) is 60.9 Å². The molecule has 1 aliphatic heterocycles. The van der Waals surface area contributed by atoms with Crippen molar-refractivity contribution >= 4 is 27.2 Å².